The van der Waals surface area contributed by atoms with E-state index in [1.54, 1.807) is 18.2 Å². The lowest BCUT2D eigenvalue weighted by Crippen LogP contribution is -2.12. The van der Waals surface area contributed by atoms with Crippen molar-refractivity contribution in [3.8, 4) is 11.5 Å². The van der Waals surface area contributed by atoms with Gasteiger partial charge in [0.25, 0.3) is 5.91 Å². The van der Waals surface area contributed by atoms with E-state index in [4.69, 9.17) is 15.2 Å². The van der Waals surface area contributed by atoms with Gasteiger partial charge in [0.15, 0.2) is 0 Å². The number of carbonyl (C=O) groups is 1. The molecule has 1 aliphatic rings. The van der Waals surface area contributed by atoms with Crippen LogP contribution in [0, 0.1) is 0 Å². The highest BCUT2D eigenvalue weighted by molar-refractivity contribution is 5.96. The number of nitrogens with two attached hydrogens (primary N) is 1. The van der Waals surface area contributed by atoms with Gasteiger partial charge in [-0.3, -0.25) is 4.79 Å². The molecule has 1 aromatic rings. The third-order valence-corrected chi connectivity index (χ3v) is 2.66. The molecule has 0 radical (unpaired) electrons. The number of methoxy groups -OCH3 is 1. The fraction of sp³-hybridized carbons (Fsp3) is 0.214. The Bertz CT molecular complexity index is 518. The Labute approximate surface area is 106 Å². The predicted molar refractivity (Wildman–Crippen MR) is 68.6 cm³/mol. The second-order valence-electron chi connectivity index (χ2n) is 3.93. The van der Waals surface area contributed by atoms with Gasteiger partial charge in [0.2, 0.25) is 0 Å². The van der Waals surface area contributed by atoms with Crippen LogP contribution in [-0.2, 0) is 0 Å². The number of carbonyl (C=O) groups excluding carboxylic acids is 1. The van der Waals surface area contributed by atoms with Crippen molar-refractivity contribution in [2.45, 2.75) is 12.8 Å². The molecule has 1 aromatic carbocycles. The molecule has 94 valence electrons. The fourth-order valence-corrected chi connectivity index (χ4v) is 1.76. The average Bonchev–Trinajstić information content (AvgIpc) is 2.40. The molecule has 18 heavy (non-hydrogen) atoms. The van der Waals surface area contributed by atoms with Crippen molar-refractivity contribution in [3.63, 3.8) is 0 Å². The quantitative estimate of drug-likeness (QED) is 0.886. The molecule has 0 unspecified atom stereocenters. The van der Waals surface area contributed by atoms with Gasteiger partial charge >= 0.3 is 0 Å². The average molecular weight is 245 g/mol. The number of allylic oxidation sites excluding steroid dienone is 4. The molecular weight excluding hydrogens is 230 g/mol. The molecule has 0 bridgehead atoms. The van der Waals surface area contributed by atoms with E-state index in [1.165, 1.54) is 7.11 Å². The molecule has 0 aromatic heterocycles. The van der Waals surface area contributed by atoms with Gasteiger partial charge in [0.05, 0.1) is 12.7 Å². The van der Waals surface area contributed by atoms with Gasteiger partial charge in [-0.1, -0.05) is 12.2 Å². The van der Waals surface area contributed by atoms with E-state index in [9.17, 15) is 4.79 Å². The van der Waals surface area contributed by atoms with Gasteiger partial charge in [-0.05, 0) is 30.7 Å². The number of benzene rings is 1. The first-order valence-corrected chi connectivity index (χ1v) is 5.72. The van der Waals surface area contributed by atoms with Gasteiger partial charge in [-0.25, -0.2) is 0 Å². The number of hydrogen-bond acceptors (Lipinski definition) is 3. The normalized spacial score (nSPS) is 13.9. The predicted octanol–water partition coefficient (Wildman–Crippen LogP) is 2.41. The highest BCUT2D eigenvalue weighted by Gasteiger charge is 2.11. The summed E-state index contributed by atoms with van der Waals surface area (Å²) >= 11 is 0. The van der Waals surface area contributed by atoms with Crippen LogP contribution in [0.15, 0.2) is 42.2 Å². The van der Waals surface area contributed by atoms with E-state index < -0.39 is 5.91 Å². The number of primary amides is 1. The second kappa shape index (κ2) is 5.40. The van der Waals surface area contributed by atoms with Crippen LogP contribution in [-0.4, -0.2) is 13.0 Å². The van der Waals surface area contributed by atoms with Gasteiger partial charge < -0.3 is 15.2 Å². The first kappa shape index (κ1) is 12.2. The summed E-state index contributed by atoms with van der Waals surface area (Å²) in [6.45, 7) is 0. The van der Waals surface area contributed by atoms with Crippen LogP contribution in [0.5, 0.6) is 11.5 Å². The summed E-state index contributed by atoms with van der Waals surface area (Å²) in [5.74, 6) is 1.38. The topological polar surface area (TPSA) is 61.6 Å². The zero-order valence-electron chi connectivity index (χ0n) is 10.2. The zero-order chi connectivity index (χ0) is 13.0. The van der Waals surface area contributed by atoms with Gasteiger partial charge in [0.1, 0.15) is 17.3 Å². The standard InChI is InChI=1S/C14H15NO3/c1-17-13-8-7-11(9-12(13)14(15)16)18-10-5-3-2-4-6-10/h2-3,5,7-9H,4,6H2,1H3,(H2,15,16). The van der Waals surface area contributed by atoms with Crippen molar-refractivity contribution in [1.29, 1.82) is 0 Å². The molecule has 0 aliphatic heterocycles. The van der Waals surface area contributed by atoms with Crippen LogP contribution in [0.4, 0.5) is 0 Å². The molecule has 0 fully saturated rings. The van der Waals surface area contributed by atoms with Crippen LogP contribution in [0.1, 0.15) is 23.2 Å². The van der Waals surface area contributed by atoms with Gasteiger partial charge in [0, 0.05) is 6.42 Å². The molecule has 0 saturated heterocycles. The fourth-order valence-electron chi connectivity index (χ4n) is 1.76. The largest absolute Gasteiger partial charge is 0.496 e. The van der Waals surface area contributed by atoms with E-state index in [1.807, 2.05) is 12.2 Å². The first-order valence-electron chi connectivity index (χ1n) is 5.72. The van der Waals surface area contributed by atoms with Crippen molar-refractivity contribution >= 4 is 5.91 Å². The summed E-state index contributed by atoms with van der Waals surface area (Å²) in [6.07, 6.45) is 7.77. The van der Waals surface area contributed by atoms with Crippen LogP contribution in [0.25, 0.3) is 0 Å². The van der Waals surface area contributed by atoms with Crippen molar-refractivity contribution in [1.82, 2.24) is 0 Å². The first-order chi connectivity index (χ1) is 8.70. The SMILES string of the molecule is COc1ccc(OC2=CC=CCC2)cc1C(N)=O. The maximum absolute atomic E-state index is 11.3. The molecule has 2 rings (SSSR count). The summed E-state index contributed by atoms with van der Waals surface area (Å²) in [5.41, 5.74) is 5.61. The Morgan fingerprint density at radius 2 is 2.22 bits per heavy atom. The molecular formula is C14H15NO3. The lowest BCUT2D eigenvalue weighted by Gasteiger charge is -2.13. The summed E-state index contributed by atoms with van der Waals surface area (Å²) in [4.78, 5) is 11.3. The lowest BCUT2D eigenvalue weighted by molar-refractivity contribution is 0.0997. The lowest BCUT2D eigenvalue weighted by atomic mass is 10.1. The number of hydrogen-bond donors (Lipinski definition) is 1. The molecule has 0 saturated carbocycles. The smallest absolute Gasteiger partial charge is 0.252 e. The highest BCUT2D eigenvalue weighted by Crippen LogP contribution is 2.26. The van der Waals surface area contributed by atoms with Crippen LogP contribution < -0.4 is 15.2 Å². The van der Waals surface area contributed by atoms with Crippen LogP contribution in [0.2, 0.25) is 0 Å². The minimum absolute atomic E-state index is 0.321. The number of rotatable bonds is 4. The Kier molecular flexibility index (Phi) is 3.67. The van der Waals surface area contributed by atoms with Crippen LogP contribution in [0.3, 0.4) is 0 Å². The van der Waals surface area contributed by atoms with Crippen molar-refractivity contribution < 1.29 is 14.3 Å². The minimum Gasteiger partial charge on any atom is -0.496 e. The minimum atomic E-state index is -0.533. The summed E-state index contributed by atoms with van der Waals surface area (Å²) in [7, 11) is 1.50. The summed E-state index contributed by atoms with van der Waals surface area (Å²) in [5, 5.41) is 0. The van der Waals surface area contributed by atoms with E-state index >= 15 is 0 Å². The van der Waals surface area contributed by atoms with Crippen molar-refractivity contribution in [3.05, 3.63) is 47.7 Å². The summed E-state index contributed by atoms with van der Waals surface area (Å²) < 4.78 is 10.8. The van der Waals surface area contributed by atoms with E-state index in [0.29, 0.717) is 17.1 Å². The molecule has 4 nitrogen and oxygen atoms in total. The summed E-state index contributed by atoms with van der Waals surface area (Å²) in [6, 6.07) is 5.03. The van der Waals surface area contributed by atoms with Crippen LogP contribution >= 0.6 is 0 Å². The number of ether oxygens (including phenoxy) is 2. The van der Waals surface area contributed by atoms with Gasteiger partial charge in [-0.2, -0.15) is 0 Å². The molecule has 0 atom stereocenters. The second-order valence-corrected chi connectivity index (χ2v) is 3.93. The van der Waals surface area contributed by atoms with Crippen molar-refractivity contribution in [2.24, 2.45) is 5.73 Å². The molecule has 0 spiro atoms. The maximum atomic E-state index is 11.3. The maximum Gasteiger partial charge on any atom is 0.252 e. The van der Waals surface area contributed by atoms with E-state index in [2.05, 4.69) is 6.08 Å². The Balaban J connectivity index is 2.24. The molecule has 1 amide bonds. The third-order valence-electron chi connectivity index (χ3n) is 2.66. The number of amides is 1. The molecule has 1 aliphatic carbocycles. The highest BCUT2D eigenvalue weighted by atomic mass is 16.5. The Hall–Kier alpha value is -2.23. The monoisotopic (exact) mass is 245 g/mol. The molecule has 2 N–H and O–H groups in total. The van der Waals surface area contributed by atoms with E-state index in [-0.39, 0.29) is 0 Å². The zero-order valence-corrected chi connectivity index (χ0v) is 10.2. The Morgan fingerprint density at radius 3 is 2.83 bits per heavy atom. The van der Waals surface area contributed by atoms with Crippen molar-refractivity contribution in [2.75, 3.05) is 7.11 Å². The molecule has 0 heterocycles. The third kappa shape index (κ3) is 2.71. The molecule has 4 heteroatoms. The van der Waals surface area contributed by atoms with Gasteiger partial charge in [-0.15, -0.1) is 0 Å². The Morgan fingerprint density at radius 1 is 1.39 bits per heavy atom. The van der Waals surface area contributed by atoms with E-state index in [0.717, 1.165) is 18.6 Å².